The van der Waals surface area contributed by atoms with Gasteiger partial charge in [0.15, 0.2) is 16.4 Å². The Labute approximate surface area is 223 Å². The number of benzene rings is 3. The Kier molecular flexibility index (Phi) is 7.55. The smallest absolute Gasteiger partial charge is 0.338 e. The molecule has 0 spiro atoms. The molecule has 0 radical (unpaired) electrons. The van der Waals surface area contributed by atoms with E-state index >= 15 is 0 Å². The fourth-order valence-corrected chi connectivity index (χ4v) is 5.48. The van der Waals surface area contributed by atoms with Crippen LogP contribution in [0.15, 0.2) is 112 Å². The van der Waals surface area contributed by atoms with Gasteiger partial charge in [0, 0.05) is 41.0 Å². The van der Waals surface area contributed by atoms with Crippen molar-refractivity contribution < 1.29 is 33.3 Å². The highest BCUT2D eigenvalue weighted by Crippen LogP contribution is 2.49. The number of fused-ring (bicyclic) bond motifs is 2. The van der Waals surface area contributed by atoms with Crippen molar-refractivity contribution >= 4 is 28.8 Å². The van der Waals surface area contributed by atoms with Gasteiger partial charge < -0.3 is 18.9 Å². The van der Waals surface area contributed by atoms with Crippen molar-refractivity contribution in [3.8, 4) is 28.7 Å². The van der Waals surface area contributed by atoms with E-state index in [4.69, 9.17) is 18.9 Å². The van der Waals surface area contributed by atoms with Gasteiger partial charge in [0.1, 0.15) is 28.1 Å². The zero-order valence-electron chi connectivity index (χ0n) is 21.2. The summed E-state index contributed by atoms with van der Waals surface area (Å²) in [5, 5.41) is 0. The van der Waals surface area contributed by atoms with Crippen molar-refractivity contribution in [2.24, 2.45) is 0 Å². The van der Waals surface area contributed by atoms with Crippen molar-refractivity contribution in [2.75, 3.05) is 0 Å². The minimum atomic E-state index is -0.646. The van der Waals surface area contributed by atoms with Crippen LogP contribution in [-0.4, -0.2) is 17.9 Å². The number of carbonyl (C=O) groups is 3. The Morgan fingerprint density at radius 1 is 0.605 bits per heavy atom. The van der Waals surface area contributed by atoms with Gasteiger partial charge in [-0.05, 0) is 57.2 Å². The lowest BCUT2D eigenvalue weighted by Gasteiger charge is -2.21. The first-order valence-electron chi connectivity index (χ1n) is 11.5. The average Bonchev–Trinajstić information content (AvgIpc) is 2.87. The predicted octanol–water partition coefficient (Wildman–Crippen LogP) is 6.33. The maximum absolute atomic E-state index is 12.1. The summed E-state index contributed by atoms with van der Waals surface area (Å²) in [5.41, 5.74) is 0.838. The van der Waals surface area contributed by atoms with Crippen molar-refractivity contribution in [1.82, 2.24) is 0 Å². The van der Waals surface area contributed by atoms with Crippen LogP contribution in [0.25, 0.3) is 0 Å². The van der Waals surface area contributed by atoms with Crippen LogP contribution < -0.4 is 18.9 Å². The van der Waals surface area contributed by atoms with E-state index in [1.54, 1.807) is 57.2 Å². The molecule has 0 N–H and O–H groups in total. The third-order valence-corrected chi connectivity index (χ3v) is 7.52. The Bertz CT molecular complexity index is 1420. The van der Waals surface area contributed by atoms with Crippen LogP contribution >= 0.6 is 0 Å². The molecule has 3 aromatic rings. The van der Waals surface area contributed by atoms with Gasteiger partial charge in [0.05, 0.1) is 0 Å². The molecule has 0 bridgehead atoms. The maximum Gasteiger partial charge on any atom is 0.338 e. The van der Waals surface area contributed by atoms with Crippen LogP contribution in [0.2, 0.25) is 0 Å². The molecule has 0 saturated carbocycles. The van der Waals surface area contributed by atoms with Crippen LogP contribution in [0.1, 0.15) is 20.8 Å². The van der Waals surface area contributed by atoms with E-state index in [0.717, 1.165) is 14.7 Å². The topological polar surface area (TPSA) is 88.1 Å². The molecule has 0 unspecified atom stereocenters. The summed E-state index contributed by atoms with van der Waals surface area (Å²) in [5.74, 6) is 0.358. The fourth-order valence-electron chi connectivity index (χ4n) is 3.32. The second kappa shape index (κ2) is 10.8. The van der Waals surface area contributed by atoms with Gasteiger partial charge in [-0.1, -0.05) is 19.7 Å². The monoisotopic (exact) mass is 529 g/mol. The third kappa shape index (κ3) is 5.71. The number of ether oxygens (including phenoxy) is 4. The molecule has 0 amide bonds. The average molecular weight is 530 g/mol. The van der Waals surface area contributed by atoms with Crippen molar-refractivity contribution in [1.29, 1.82) is 0 Å². The van der Waals surface area contributed by atoms with Crippen molar-refractivity contribution in [2.45, 2.75) is 35.5 Å². The highest BCUT2D eigenvalue weighted by atomic mass is 32.2. The molecule has 192 valence electrons. The lowest BCUT2D eigenvalue weighted by molar-refractivity contribution is -0.130. The molecule has 1 heterocycles. The van der Waals surface area contributed by atoms with E-state index in [1.165, 1.54) is 0 Å². The van der Waals surface area contributed by atoms with Crippen LogP contribution in [0.5, 0.6) is 28.7 Å². The van der Waals surface area contributed by atoms with Gasteiger partial charge >= 0.3 is 17.9 Å². The molecular weight excluding hydrogens is 504 g/mol. The largest absolute Gasteiger partial charge is 0.446 e. The quantitative estimate of drug-likeness (QED) is 0.120. The Morgan fingerprint density at radius 3 is 1.37 bits per heavy atom. The second-order valence-electron chi connectivity index (χ2n) is 8.61. The molecule has 0 saturated heterocycles. The summed E-state index contributed by atoms with van der Waals surface area (Å²) >= 11 is 0. The molecule has 4 rings (SSSR count). The summed E-state index contributed by atoms with van der Waals surface area (Å²) < 4.78 is 22.3. The molecule has 1 aliphatic rings. The van der Waals surface area contributed by atoms with Gasteiger partial charge in [0.2, 0.25) is 9.79 Å². The molecule has 0 fully saturated rings. The zero-order chi connectivity index (χ0) is 27.6. The van der Waals surface area contributed by atoms with Gasteiger partial charge in [-0.2, -0.15) is 0 Å². The molecule has 0 aromatic heterocycles. The Balaban J connectivity index is 1.75. The molecule has 0 aliphatic carbocycles. The van der Waals surface area contributed by atoms with E-state index in [0.29, 0.717) is 34.3 Å². The summed E-state index contributed by atoms with van der Waals surface area (Å²) in [6.45, 7) is 15.5. The zero-order valence-corrected chi connectivity index (χ0v) is 22.0. The first-order valence-corrected chi connectivity index (χ1v) is 12.7. The lowest BCUT2D eigenvalue weighted by atomic mass is 10.3. The molecule has 38 heavy (non-hydrogen) atoms. The van der Waals surface area contributed by atoms with Gasteiger partial charge in [-0.15, -0.1) is 0 Å². The second-order valence-corrected chi connectivity index (χ2v) is 10.6. The summed E-state index contributed by atoms with van der Waals surface area (Å²) in [7, 11) is -0.646. The number of esters is 3. The first kappa shape index (κ1) is 26.5. The Morgan fingerprint density at radius 2 is 0.974 bits per heavy atom. The van der Waals surface area contributed by atoms with Gasteiger partial charge in [-0.3, -0.25) is 0 Å². The Hall–Kier alpha value is -4.56. The van der Waals surface area contributed by atoms with E-state index < -0.39 is 28.8 Å². The first-order chi connectivity index (χ1) is 18.0. The summed E-state index contributed by atoms with van der Waals surface area (Å²) in [6.07, 6.45) is 0. The minimum absolute atomic E-state index is 0.269. The van der Waals surface area contributed by atoms with E-state index in [1.807, 2.05) is 24.3 Å². The molecule has 8 heteroatoms. The van der Waals surface area contributed by atoms with Crippen LogP contribution in [0.4, 0.5) is 0 Å². The highest BCUT2D eigenvalue weighted by molar-refractivity contribution is 7.97. The standard InChI is InChI=1S/C30H25O7S/c1-17(2)28(31)34-20-7-11-23(12-8-20)38-26-13-9-21(35-29(32)18(3)4)15-24(26)37-25-16-22(10-14-27(25)38)36-30(33)19(5)6/h7-16H,1,3,5H2,2,4,6H3/q+1. The van der Waals surface area contributed by atoms with Crippen molar-refractivity contribution in [3.05, 3.63) is 97.1 Å². The number of hydrogen-bond acceptors (Lipinski definition) is 7. The molecule has 7 nitrogen and oxygen atoms in total. The molecule has 3 aromatic carbocycles. The summed E-state index contributed by atoms with van der Waals surface area (Å²) in [4.78, 5) is 38.7. The lowest BCUT2D eigenvalue weighted by Crippen LogP contribution is -2.14. The third-order valence-electron chi connectivity index (χ3n) is 5.23. The maximum atomic E-state index is 12.1. The van der Waals surface area contributed by atoms with Crippen LogP contribution in [-0.2, 0) is 25.3 Å². The van der Waals surface area contributed by atoms with Crippen LogP contribution in [0, 0.1) is 0 Å². The van der Waals surface area contributed by atoms with E-state index in [9.17, 15) is 14.4 Å². The number of hydrogen-bond donors (Lipinski definition) is 0. The van der Waals surface area contributed by atoms with E-state index in [-0.39, 0.29) is 11.1 Å². The SMILES string of the molecule is C=C(C)C(=O)Oc1ccc([S+]2c3ccc(OC(=O)C(=C)C)cc3Oc3cc(OC(=O)C(=C)C)ccc32)cc1. The summed E-state index contributed by atoms with van der Waals surface area (Å²) in [6, 6.07) is 17.5. The fraction of sp³-hybridized carbons (Fsp3) is 0.100. The van der Waals surface area contributed by atoms with E-state index in [2.05, 4.69) is 19.7 Å². The van der Waals surface area contributed by atoms with Gasteiger partial charge in [-0.25, -0.2) is 14.4 Å². The minimum Gasteiger partial charge on any atom is -0.446 e. The predicted molar refractivity (Wildman–Crippen MR) is 143 cm³/mol. The highest BCUT2D eigenvalue weighted by Gasteiger charge is 2.40. The van der Waals surface area contributed by atoms with Gasteiger partial charge in [0.25, 0.3) is 0 Å². The van der Waals surface area contributed by atoms with Crippen LogP contribution in [0.3, 0.4) is 0 Å². The normalized spacial score (nSPS) is 11.8. The molecule has 1 aliphatic heterocycles. The number of carbonyl (C=O) groups excluding carboxylic acids is 3. The number of rotatable bonds is 7. The van der Waals surface area contributed by atoms with Crippen molar-refractivity contribution in [3.63, 3.8) is 0 Å². The molecular formula is C30H25O7S+. The molecule has 0 atom stereocenters.